The molecule has 2 unspecified atom stereocenters. The number of fused-ring (bicyclic) bond motifs is 1. The molecule has 0 aromatic heterocycles. The first-order valence-corrected chi connectivity index (χ1v) is 8.88. The Hall–Kier alpha value is -2.36. The maximum Gasteiger partial charge on any atom is 0.261 e. The smallest absolute Gasteiger partial charge is 0.261 e. The van der Waals surface area contributed by atoms with E-state index in [1.165, 1.54) is 29.7 Å². The maximum absolute atomic E-state index is 13.0. The van der Waals surface area contributed by atoms with E-state index in [0.29, 0.717) is 0 Å². The molecule has 0 radical (unpaired) electrons. The van der Waals surface area contributed by atoms with Crippen LogP contribution in [-0.4, -0.2) is 12.0 Å². The predicted octanol–water partition coefficient (Wildman–Crippen LogP) is 4.35. The summed E-state index contributed by atoms with van der Waals surface area (Å²) in [6.45, 7) is 3.64. The summed E-state index contributed by atoms with van der Waals surface area (Å²) < 4.78 is 19.0. The number of benzene rings is 2. The second kappa shape index (κ2) is 7.68. The summed E-state index contributed by atoms with van der Waals surface area (Å²) in [7, 11) is 0. The monoisotopic (exact) mass is 341 g/mol. The molecule has 0 spiro atoms. The van der Waals surface area contributed by atoms with E-state index in [-0.39, 0.29) is 17.8 Å². The topological polar surface area (TPSA) is 38.3 Å². The molecule has 25 heavy (non-hydrogen) atoms. The number of nitrogens with one attached hydrogen (secondary N) is 1. The van der Waals surface area contributed by atoms with Crippen LogP contribution >= 0.6 is 0 Å². The number of ether oxygens (including phenoxy) is 1. The molecule has 1 aliphatic carbocycles. The molecule has 1 N–H and O–H groups in total. The minimum absolute atomic E-state index is 0.176. The van der Waals surface area contributed by atoms with Crippen LogP contribution in [0.1, 0.15) is 49.4 Å². The van der Waals surface area contributed by atoms with Gasteiger partial charge in [-0.25, -0.2) is 4.39 Å². The number of halogens is 1. The molecule has 1 aliphatic rings. The molecule has 0 saturated heterocycles. The molecule has 0 heterocycles. The van der Waals surface area contributed by atoms with Crippen molar-refractivity contribution in [2.24, 2.45) is 0 Å². The number of hydrogen-bond donors (Lipinski definition) is 1. The highest BCUT2D eigenvalue weighted by atomic mass is 19.1. The van der Waals surface area contributed by atoms with Crippen LogP contribution in [0.4, 0.5) is 4.39 Å². The van der Waals surface area contributed by atoms with Gasteiger partial charge in [0.25, 0.3) is 5.91 Å². The van der Waals surface area contributed by atoms with Gasteiger partial charge in [-0.05, 0) is 74.4 Å². The predicted molar refractivity (Wildman–Crippen MR) is 96.1 cm³/mol. The minimum Gasteiger partial charge on any atom is -0.481 e. The lowest BCUT2D eigenvalue weighted by Crippen LogP contribution is -2.38. The Morgan fingerprint density at radius 3 is 2.56 bits per heavy atom. The van der Waals surface area contributed by atoms with E-state index in [1.54, 1.807) is 19.1 Å². The van der Waals surface area contributed by atoms with Gasteiger partial charge in [0.1, 0.15) is 11.6 Å². The van der Waals surface area contributed by atoms with Gasteiger partial charge in [0.05, 0.1) is 6.04 Å². The Balaban J connectivity index is 1.64. The molecule has 1 amide bonds. The largest absolute Gasteiger partial charge is 0.481 e. The Morgan fingerprint density at radius 1 is 1.08 bits per heavy atom. The van der Waals surface area contributed by atoms with Crippen molar-refractivity contribution < 1.29 is 13.9 Å². The Bertz CT molecular complexity index is 742. The van der Waals surface area contributed by atoms with Crippen LogP contribution in [0.3, 0.4) is 0 Å². The molecule has 2 atom stereocenters. The molecule has 2 aromatic carbocycles. The van der Waals surface area contributed by atoms with Gasteiger partial charge < -0.3 is 10.1 Å². The summed E-state index contributed by atoms with van der Waals surface area (Å²) in [6, 6.07) is 12.0. The van der Waals surface area contributed by atoms with E-state index in [1.807, 2.05) is 19.1 Å². The molecule has 3 nitrogen and oxygen atoms in total. The van der Waals surface area contributed by atoms with E-state index < -0.39 is 6.10 Å². The van der Waals surface area contributed by atoms with Crippen molar-refractivity contribution in [1.29, 1.82) is 0 Å². The minimum atomic E-state index is -0.587. The number of hydrogen-bond acceptors (Lipinski definition) is 2. The number of carbonyl (C=O) groups excluding carboxylic acids is 1. The quantitative estimate of drug-likeness (QED) is 0.878. The standard InChI is InChI=1S/C21H24FNO2/c1-14(16-10-12-18(22)13-11-16)23-21(24)15(2)25-20-9-5-7-17-6-3-4-8-19(17)20/h5,7,9-15H,3-4,6,8H2,1-2H3,(H,23,24). The lowest BCUT2D eigenvalue weighted by Gasteiger charge is -2.23. The van der Waals surface area contributed by atoms with Crippen molar-refractivity contribution >= 4 is 5.91 Å². The SMILES string of the molecule is CC(Oc1cccc2c1CCCC2)C(=O)NC(C)c1ccc(F)cc1. The van der Waals surface area contributed by atoms with E-state index in [2.05, 4.69) is 11.4 Å². The third-order valence-electron chi connectivity index (χ3n) is 4.75. The van der Waals surface area contributed by atoms with Gasteiger partial charge in [-0.2, -0.15) is 0 Å². The summed E-state index contributed by atoms with van der Waals surface area (Å²) in [6.07, 6.45) is 3.87. The molecule has 4 heteroatoms. The summed E-state index contributed by atoms with van der Waals surface area (Å²) in [5.41, 5.74) is 3.43. The van der Waals surface area contributed by atoms with Crippen molar-refractivity contribution in [3.63, 3.8) is 0 Å². The zero-order valence-corrected chi connectivity index (χ0v) is 14.7. The highest BCUT2D eigenvalue weighted by Crippen LogP contribution is 2.30. The van der Waals surface area contributed by atoms with Crippen LogP contribution in [0.15, 0.2) is 42.5 Å². The molecule has 0 bridgehead atoms. The highest BCUT2D eigenvalue weighted by molar-refractivity contribution is 5.81. The van der Waals surface area contributed by atoms with E-state index >= 15 is 0 Å². The fourth-order valence-corrected chi connectivity index (χ4v) is 3.27. The molecule has 132 valence electrons. The summed E-state index contributed by atoms with van der Waals surface area (Å²) in [4.78, 5) is 12.5. The second-order valence-electron chi connectivity index (χ2n) is 6.64. The first-order valence-electron chi connectivity index (χ1n) is 8.88. The first kappa shape index (κ1) is 17.5. The van der Waals surface area contributed by atoms with Gasteiger partial charge in [0.2, 0.25) is 0 Å². The van der Waals surface area contributed by atoms with Gasteiger partial charge in [-0.3, -0.25) is 4.79 Å². The fraction of sp³-hybridized carbons (Fsp3) is 0.381. The second-order valence-corrected chi connectivity index (χ2v) is 6.64. The molecular formula is C21H24FNO2. The number of aryl methyl sites for hydroxylation is 1. The number of amides is 1. The van der Waals surface area contributed by atoms with Crippen LogP contribution < -0.4 is 10.1 Å². The molecule has 3 rings (SSSR count). The molecular weight excluding hydrogens is 317 g/mol. The maximum atomic E-state index is 13.0. The summed E-state index contributed by atoms with van der Waals surface area (Å²) >= 11 is 0. The van der Waals surface area contributed by atoms with Crippen molar-refractivity contribution in [2.75, 3.05) is 0 Å². The van der Waals surface area contributed by atoms with Gasteiger partial charge >= 0.3 is 0 Å². The molecule has 0 aliphatic heterocycles. The van der Waals surface area contributed by atoms with E-state index in [0.717, 1.165) is 30.6 Å². The number of carbonyl (C=O) groups is 1. The van der Waals surface area contributed by atoms with Crippen LogP contribution in [0.5, 0.6) is 5.75 Å². The third kappa shape index (κ3) is 4.19. The van der Waals surface area contributed by atoms with Crippen molar-refractivity contribution in [1.82, 2.24) is 5.32 Å². The lowest BCUT2D eigenvalue weighted by atomic mass is 9.91. The Labute approximate surface area is 148 Å². The zero-order valence-electron chi connectivity index (χ0n) is 14.7. The zero-order chi connectivity index (χ0) is 17.8. The summed E-state index contributed by atoms with van der Waals surface area (Å²) in [5.74, 6) is 0.354. The van der Waals surface area contributed by atoms with Crippen LogP contribution in [0, 0.1) is 5.82 Å². The van der Waals surface area contributed by atoms with Gasteiger partial charge in [0.15, 0.2) is 6.10 Å². The van der Waals surface area contributed by atoms with Crippen molar-refractivity contribution in [3.8, 4) is 5.75 Å². The van der Waals surface area contributed by atoms with Crippen LogP contribution in [-0.2, 0) is 17.6 Å². The van der Waals surface area contributed by atoms with Gasteiger partial charge in [-0.1, -0.05) is 24.3 Å². The van der Waals surface area contributed by atoms with Crippen LogP contribution in [0.2, 0.25) is 0 Å². The van der Waals surface area contributed by atoms with Crippen LogP contribution in [0.25, 0.3) is 0 Å². The van der Waals surface area contributed by atoms with Gasteiger partial charge in [-0.15, -0.1) is 0 Å². The fourth-order valence-electron chi connectivity index (χ4n) is 3.27. The molecule has 0 saturated carbocycles. The summed E-state index contributed by atoms with van der Waals surface area (Å²) in [5, 5.41) is 2.93. The Kier molecular flexibility index (Phi) is 5.37. The highest BCUT2D eigenvalue weighted by Gasteiger charge is 2.20. The lowest BCUT2D eigenvalue weighted by molar-refractivity contribution is -0.127. The third-order valence-corrected chi connectivity index (χ3v) is 4.75. The van der Waals surface area contributed by atoms with Crippen molar-refractivity contribution in [2.45, 2.75) is 51.7 Å². The van der Waals surface area contributed by atoms with E-state index in [4.69, 9.17) is 4.74 Å². The Morgan fingerprint density at radius 2 is 1.80 bits per heavy atom. The van der Waals surface area contributed by atoms with E-state index in [9.17, 15) is 9.18 Å². The van der Waals surface area contributed by atoms with Crippen molar-refractivity contribution in [3.05, 3.63) is 65.0 Å². The first-order chi connectivity index (χ1) is 12.0. The average Bonchev–Trinajstić information content (AvgIpc) is 2.62. The normalized spacial score (nSPS) is 15.8. The van der Waals surface area contributed by atoms with Gasteiger partial charge in [0, 0.05) is 0 Å². The number of rotatable bonds is 5. The molecule has 0 fully saturated rings. The molecule has 2 aromatic rings. The average molecular weight is 341 g/mol.